The van der Waals surface area contributed by atoms with E-state index in [2.05, 4.69) is 241 Å². The molecule has 0 aliphatic heterocycles. The molecule has 13 rings (SSSR count). The van der Waals surface area contributed by atoms with Gasteiger partial charge in [-0.25, -0.2) is 0 Å². The van der Waals surface area contributed by atoms with Crippen LogP contribution in [-0.2, 0) is 0 Å². The Morgan fingerprint density at radius 1 is 0.274 bits per heavy atom. The molecular weight excluding hydrogens is 860 g/mol. The van der Waals surface area contributed by atoms with Gasteiger partial charge in [-0.2, -0.15) is 0 Å². The summed E-state index contributed by atoms with van der Waals surface area (Å²) in [5.41, 5.74) is 11.5. The fourth-order valence-electron chi connectivity index (χ4n) is 11.1. The lowest BCUT2D eigenvalue weighted by Crippen LogP contribution is -2.06. The molecule has 0 radical (unpaired) electrons. The highest BCUT2D eigenvalue weighted by Gasteiger charge is 2.30. The zero-order chi connectivity index (χ0) is 40.9. The van der Waals surface area contributed by atoms with Crippen molar-refractivity contribution < 1.29 is 0 Å². The third-order valence-electron chi connectivity index (χ3n) is 13.5. The van der Waals surface area contributed by atoms with Crippen molar-refractivity contribution in [3.8, 4) is 33.4 Å². The van der Waals surface area contributed by atoms with E-state index in [0.29, 0.717) is 0 Å². The van der Waals surface area contributed by atoms with Crippen LogP contribution in [0, 0.1) is 3.57 Å². The van der Waals surface area contributed by atoms with Crippen LogP contribution >= 0.6 is 22.6 Å². The molecule has 0 atom stereocenters. The smallest absolute Gasteiger partial charge is 0.0346 e. The van der Waals surface area contributed by atoms with Crippen LogP contribution in [0.1, 0.15) is 22.6 Å². The Balaban J connectivity index is 1.33. The quantitative estimate of drug-likeness (QED) is 0.0886. The molecule has 13 aromatic rings. The van der Waals surface area contributed by atoms with Gasteiger partial charge in [0.05, 0.1) is 0 Å². The minimum atomic E-state index is -0.00968. The fourth-order valence-corrected chi connectivity index (χ4v) is 11.8. The third kappa shape index (κ3) is 5.12. The first kappa shape index (κ1) is 35.7. The van der Waals surface area contributed by atoms with Crippen molar-refractivity contribution in [2.75, 3.05) is 0 Å². The molecule has 0 aromatic heterocycles. The highest BCUT2D eigenvalue weighted by Crippen LogP contribution is 2.56. The van der Waals surface area contributed by atoms with Crippen molar-refractivity contribution >= 4 is 98.0 Å². The molecule has 0 unspecified atom stereocenters. The molecule has 0 aliphatic rings. The maximum atomic E-state index is 2.60. The van der Waals surface area contributed by atoms with E-state index in [1.807, 2.05) is 0 Å². The first-order valence-corrected chi connectivity index (χ1v) is 22.6. The standard InChI is InChI=1S/C61H37I/c62-52-34-16-15-29-44(52)57-45-31-18-33-47-58(45)51(36-49(57)53(37-19-5-1-6-20-37)38-21-7-2-8-22-38)61-55(40-25-11-4-12-26-40)59-46-32-17-30-43-41-27-13-14-28-42(41)48(56(43)46)35-50(59)54(60(47)61)39-23-9-3-10-24-39/h1-36,53H. The van der Waals surface area contributed by atoms with Gasteiger partial charge >= 0.3 is 0 Å². The summed E-state index contributed by atoms with van der Waals surface area (Å²) in [5, 5.41) is 18.4. The Hall–Kier alpha value is -7.07. The fraction of sp³-hybridized carbons (Fsp3) is 0.0164. The summed E-state index contributed by atoms with van der Waals surface area (Å²) in [6, 6.07) is 81.8. The lowest BCUT2D eigenvalue weighted by atomic mass is 9.79. The van der Waals surface area contributed by atoms with E-state index >= 15 is 0 Å². The van der Waals surface area contributed by atoms with Crippen molar-refractivity contribution in [3.63, 3.8) is 0 Å². The average molecular weight is 897 g/mol. The molecule has 0 bridgehead atoms. The Morgan fingerprint density at radius 3 is 1.39 bits per heavy atom. The minimum absolute atomic E-state index is 0.00968. The van der Waals surface area contributed by atoms with Gasteiger partial charge < -0.3 is 0 Å². The van der Waals surface area contributed by atoms with Gasteiger partial charge in [0.15, 0.2) is 0 Å². The van der Waals surface area contributed by atoms with Crippen LogP contribution in [-0.4, -0.2) is 0 Å². The number of benzene rings is 11. The van der Waals surface area contributed by atoms with Crippen molar-refractivity contribution in [1.29, 1.82) is 0 Å². The highest BCUT2D eigenvalue weighted by atomic mass is 127. The third-order valence-corrected chi connectivity index (χ3v) is 14.5. The predicted molar refractivity (Wildman–Crippen MR) is 274 cm³/mol. The molecule has 62 heavy (non-hydrogen) atoms. The van der Waals surface area contributed by atoms with Gasteiger partial charge in [-0.05, 0) is 166 Å². The van der Waals surface area contributed by atoms with Gasteiger partial charge in [0, 0.05) is 9.49 Å². The Morgan fingerprint density at radius 2 is 0.742 bits per heavy atom. The zero-order valence-corrected chi connectivity index (χ0v) is 35.9. The van der Waals surface area contributed by atoms with Gasteiger partial charge in [0.25, 0.3) is 0 Å². The molecule has 288 valence electrons. The molecule has 0 N–H and O–H groups in total. The number of fused-ring (bicyclic) bond motifs is 8. The lowest BCUT2D eigenvalue weighted by Gasteiger charge is -2.25. The van der Waals surface area contributed by atoms with E-state index < -0.39 is 0 Å². The predicted octanol–water partition coefficient (Wildman–Crippen LogP) is 17.4. The van der Waals surface area contributed by atoms with Crippen LogP contribution in [0.25, 0.3) is 109 Å². The second-order valence-corrected chi connectivity index (χ2v) is 17.9. The van der Waals surface area contributed by atoms with Crippen molar-refractivity contribution in [2.45, 2.75) is 5.92 Å². The first-order valence-electron chi connectivity index (χ1n) is 21.5. The van der Waals surface area contributed by atoms with Gasteiger partial charge in [-0.3, -0.25) is 0 Å². The topological polar surface area (TPSA) is 0 Å². The van der Waals surface area contributed by atoms with Crippen LogP contribution in [0.3, 0.4) is 0 Å². The summed E-state index contributed by atoms with van der Waals surface area (Å²) >= 11 is 2.55. The lowest BCUT2D eigenvalue weighted by molar-refractivity contribution is 0.984. The molecule has 0 heterocycles. The number of hydrogen-bond donors (Lipinski definition) is 0. The summed E-state index contributed by atoms with van der Waals surface area (Å²) < 4.78 is 1.24. The molecule has 0 fully saturated rings. The number of rotatable bonds is 6. The minimum Gasteiger partial charge on any atom is -0.0622 e. The molecule has 0 saturated heterocycles. The second-order valence-electron chi connectivity index (χ2n) is 16.7. The number of halogens is 1. The number of hydrogen-bond acceptors (Lipinski definition) is 0. The van der Waals surface area contributed by atoms with E-state index in [4.69, 9.17) is 0 Å². The summed E-state index contributed by atoms with van der Waals surface area (Å²) in [4.78, 5) is 0. The molecule has 0 spiro atoms. The maximum absolute atomic E-state index is 2.60. The summed E-state index contributed by atoms with van der Waals surface area (Å²) in [5.74, 6) is -0.00968. The molecular formula is C61H37I. The monoisotopic (exact) mass is 896 g/mol. The van der Waals surface area contributed by atoms with Gasteiger partial charge in [0.2, 0.25) is 0 Å². The molecule has 0 amide bonds. The molecule has 0 nitrogen and oxygen atoms in total. The van der Waals surface area contributed by atoms with Crippen LogP contribution in [0.5, 0.6) is 0 Å². The maximum Gasteiger partial charge on any atom is 0.0346 e. The Kier molecular flexibility index (Phi) is 8.05. The van der Waals surface area contributed by atoms with E-state index in [0.717, 1.165) is 0 Å². The van der Waals surface area contributed by atoms with Crippen LogP contribution in [0.4, 0.5) is 0 Å². The Labute approximate surface area is 373 Å². The van der Waals surface area contributed by atoms with E-state index in [1.165, 1.54) is 129 Å². The van der Waals surface area contributed by atoms with Gasteiger partial charge in [-0.1, -0.05) is 200 Å². The summed E-state index contributed by atoms with van der Waals surface area (Å²) in [6.45, 7) is 0. The first-order chi connectivity index (χ1) is 30.7. The van der Waals surface area contributed by atoms with Crippen LogP contribution < -0.4 is 0 Å². The largest absolute Gasteiger partial charge is 0.0622 e. The SMILES string of the molecule is Ic1ccccc1-c1c(C(c2ccccc2)c2ccccc2)cc2c3c(-c4ccccc4)c4c(cc5c6ccccc6c6cccc4c65)c(-c4ccccc4)c3c3cccc1c32. The zero-order valence-electron chi connectivity index (χ0n) is 33.7. The van der Waals surface area contributed by atoms with Crippen molar-refractivity contribution in [1.82, 2.24) is 0 Å². The van der Waals surface area contributed by atoms with E-state index in [9.17, 15) is 0 Å². The summed E-state index contributed by atoms with van der Waals surface area (Å²) in [7, 11) is 0. The van der Waals surface area contributed by atoms with Crippen molar-refractivity contribution in [3.05, 3.63) is 239 Å². The molecule has 0 saturated carbocycles. The van der Waals surface area contributed by atoms with E-state index in [-0.39, 0.29) is 5.92 Å². The molecule has 0 aliphatic carbocycles. The van der Waals surface area contributed by atoms with Crippen molar-refractivity contribution in [2.24, 2.45) is 0 Å². The van der Waals surface area contributed by atoms with Crippen LogP contribution in [0.2, 0.25) is 0 Å². The Bertz CT molecular complexity index is 3800. The van der Waals surface area contributed by atoms with Crippen LogP contribution in [0.15, 0.2) is 218 Å². The highest BCUT2D eigenvalue weighted by molar-refractivity contribution is 14.1. The normalized spacial score (nSPS) is 12.1. The van der Waals surface area contributed by atoms with Gasteiger partial charge in [0.1, 0.15) is 0 Å². The van der Waals surface area contributed by atoms with E-state index in [1.54, 1.807) is 0 Å². The summed E-state index contributed by atoms with van der Waals surface area (Å²) in [6.07, 6.45) is 0. The second kappa shape index (κ2) is 14.0. The van der Waals surface area contributed by atoms with Gasteiger partial charge in [-0.15, -0.1) is 0 Å². The molecule has 1 heteroatoms. The average Bonchev–Trinajstić information content (AvgIpc) is 3.84. The molecule has 13 aromatic carbocycles.